The molecule has 0 amide bonds. The second-order valence-electron chi connectivity index (χ2n) is 6.28. The molecular weight excluding hydrogens is 485 g/mol. The monoisotopic (exact) mass is 509 g/mol. The Hall–Kier alpha value is -2.14. The SMILES string of the molecule is CN=C(NCc1nncn1-c1ccccc1)N1CCN(c2cccs2)CC1.I. The van der Waals surface area contributed by atoms with Crippen LogP contribution in [0.5, 0.6) is 0 Å². The molecule has 3 heterocycles. The molecule has 1 saturated heterocycles. The van der Waals surface area contributed by atoms with E-state index in [4.69, 9.17) is 0 Å². The summed E-state index contributed by atoms with van der Waals surface area (Å²) in [5, 5.41) is 15.2. The van der Waals surface area contributed by atoms with Crippen molar-refractivity contribution in [2.45, 2.75) is 6.54 Å². The highest BCUT2D eigenvalue weighted by atomic mass is 127. The van der Waals surface area contributed by atoms with Crippen LogP contribution in [0.2, 0.25) is 0 Å². The molecule has 1 aromatic carbocycles. The van der Waals surface area contributed by atoms with Crippen LogP contribution in [0.1, 0.15) is 5.82 Å². The number of nitrogens with one attached hydrogen (secondary N) is 1. The summed E-state index contributed by atoms with van der Waals surface area (Å²) in [5.74, 6) is 1.77. The van der Waals surface area contributed by atoms with Crippen molar-refractivity contribution in [3.05, 3.63) is 60.0 Å². The van der Waals surface area contributed by atoms with E-state index in [2.05, 4.69) is 47.8 Å². The van der Waals surface area contributed by atoms with Crippen LogP contribution in [0, 0.1) is 0 Å². The van der Waals surface area contributed by atoms with Gasteiger partial charge in [-0.25, -0.2) is 0 Å². The molecule has 0 spiro atoms. The minimum absolute atomic E-state index is 0. The van der Waals surface area contributed by atoms with Crippen LogP contribution in [0.15, 0.2) is 59.2 Å². The number of guanidine groups is 1. The summed E-state index contributed by atoms with van der Waals surface area (Å²) in [7, 11) is 1.83. The first-order chi connectivity index (χ1) is 13.3. The Kier molecular flexibility index (Phi) is 7.26. The molecule has 9 heteroatoms. The van der Waals surface area contributed by atoms with E-state index in [1.807, 2.05) is 41.9 Å². The van der Waals surface area contributed by atoms with Gasteiger partial charge in [-0.1, -0.05) is 18.2 Å². The minimum atomic E-state index is 0. The predicted molar refractivity (Wildman–Crippen MR) is 125 cm³/mol. The average molecular weight is 509 g/mol. The van der Waals surface area contributed by atoms with E-state index in [0.29, 0.717) is 6.54 Å². The topological polar surface area (TPSA) is 61.6 Å². The van der Waals surface area contributed by atoms with Gasteiger partial charge in [-0.05, 0) is 29.6 Å². The van der Waals surface area contributed by atoms with Crippen LogP contribution >= 0.6 is 35.3 Å². The zero-order chi connectivity index (χ0) is 18.5. The smallest absolute Gasteiger partial charge is 0.194 e. The number of rotatable bonds is 4. The lowest BCUT2D eigenvalue weighted by molar-refractivity contribution is 0.372. The van der Waals surface area contributed by atoms with Gasteiger partial charge in [0.25, 0.3) is 0 Å². The zero-order valence-electron chi connectivity index (χ0n) is 15.7. The van der Waals surface area contributed by atoms with Crippen molar-refractivity contribution < 1.29 is 0 Å². The standard InChI is InChI=1S/C19H23N7S.HI/c1-20-19(25-11-9-24(10-12-25)18-8-5-13-27-18)21-14-17-23-22-15-26(17)16-6-3-2-4-7-16;/h2-8,13,15H,9-12,14H2,1H3,(H,20,21);1H. The van der Waals surface area contributed by atoms with Crippen LogP contribution in [0.3, 0.4) is 0 Å². The van der Waals surface area contributed by atoms with Crippen LogP contribution < -0.4 is 10.2 Å². The van der Waals surface area contributed by atoms with Crippen LogP contribution in [-0.2, 0) is 6.54 Å². The molecule has 1 N–H and O–H groups in total. The summed E-state index contributed by atoms with van der Waals surface area (Å²) in [6.07, 6.45) is 1.74. The highest BCUT2D eigenvalue weighted by Gasteiger charge is 2.20. The summed E-state index contributed by atoms with van der Waals surface area (Å²) in [6.45, 7) is 4.47. The molecule has 1 aliphatic rings. The number of benzene rings is 1. The third-order valence-electron chi connectivity index (χ3n) is 4.67. The van der Waals surface area contributed by atoms with Gasteiger partial charge in [0.15, 0.2) is 11.8 Å². The summed E-state index contributed by atoms with van der Waals surface area (Å²) in [6, 6.07) is 14.4. The molecule has 28 heavy (non-hydrogen) atoms. The van der Waals surface area contributed by atoms with E-state index in [1.165, 1.54) is 5.00 Å². The largest absolute Gasteiger partial charge is 0.360 e. The van der Waals surface area contributed by atoms with Crippen molar-refractivity contribution in [1.82, 2.24) is 25.0 Å². The molecule has 4 rings (SSSR count). The molecule has 0 unspecified atom stereocenters. The fraction of sp³-hybridized carbons (Fsp3) is 0.316. The molecule has 7 nitrogen and oxygen atoms in total. The van der Waals surface area contributed by atoms with Crippen LogP contribution in [0.4, 0.5) is 5.00 Å². The first-order valence-corrected chi connectivity index (χ1v) is 9.91. The fourth-order valence-electron chi connectivity index (χ4n) is 3.26. The van der Waals surface area contributed by atoms with E-state index in [1.54, 1.807) is 17.7 Å². The number of hydrogen-bond donors (Lipinski definition) is 1. The summed E-state index contributed by atoms with van der Waals surface area (Å²) in [5.41, 5.74) is 1.05. The van der Waals surface area contributed by atoms with Gasteiger partial charge in [0.05, 0.1) is 11.5 Å². The Bertz CT molecular complexity index is 871. The Morgan fingerprint density at radius 1 is 1.11 bits per heavy atom. The Labute approximate surface area is 186 Å². The Morgan fingerprint density at radius 3 is 2.57 bits per heavy atom. The van der Waals surface area contributed by atoms with E-state index in [9.17, 15) is 0 Å². The molecule has 1 aliphatic heterocycles. The second-order valence-corrected chi connectivity index (χ2v) is 7.21. The summed E-state index contributed by atoms with van der Waals surface area (Å²) >= 11 is 1.80. The molecule has 2 aromatic heterocycles. The number of anilines is 1. The minimum Gasteiger partial charge on any atom is -0.360 e. The molecule has 148 valence electrons. The highest BCUT2D eigenvalue weighted by Crippen LogP contribution is 2.22. The third kappa shape index (κ3) is 4.64. The lowest BCUT2D eigenvalue weighted by Crippen LogP contribution is -2.52. The van der Waals surface area contributed by atoms with Crippen molar-refractivity contribution in [2.24, 2.45) is 4.99 Å². The molecule has 0 bridgehead atoms. The predicted octanol–water partition coefficient (Wildman–Crippen LogP) is 2.84. The van der Waals surface area contributed by atoms with Gasteiger partial charge in [0.1, 0.15) is 6.33 Å². The van der Waals surface area contributed by atoms with Gasteiger partial charge in [-0.15, -0.1) is 45.5 Å². The summed E-state index contributed by atoms with van der Waals surface area (Å²) in [4.78, 5) is 9.19. The van der Waals surface area contributed by atoms with Crippen molar-refractivity contribution in [3.63, 3.8) is 0 Å². The van der Waals surface area contributed by atoms with Crippen molar-refractivity contribution in [2.75, 3.05) is 38.1 Å². The van der Waals surface area contributed by atoms with E-state index < -0.39 is 0 Å². The lowest BCUT2D eigenvalue weighted by atomic mass is 10.3. The number of nitrogens with zero attached hydrogens (tertiary/aromatic N) is 6. The van der Waals surface area contributed by atoms with Crippen molar-refractivity contribution >= 4 is 46.3 Å². The molecule has 0 saturated carbocycles. The van der Waals surface area contributed by atoms with Gasteiger partial charge in [0, 0.05) is 38.9 Å². The molecule has 3 aromatic rings. The quantitative estimate of drug-likeness (QED) is 0.333. The number of halogens is 1. The number of hydrogen-bond acceptors (Lipinski definition) is 5. The zero-order valence-corrected chi connectivity index (χ0v) is 18.9. The maximum Gasteiger partial charge on any atom is 0.194 e. The average Bonchev–Trinajstić information content (AvgIpc) is 3.42. The number of aromatic nitrogens is 3. The van der Waals surface area contributed by atoms with E-state index in [0.717, 1.165) is 43.7 Å². The van der Waals surface area contributed by atoms with Crippen LogP contribution in [0.25, 0.3) is 5.69 Å². The first kappa shape index (κ1) is 20.6. The van der Waals surface area contributed by atoms with Gasteiger partial charge in [-0.2, -0.15) is 0 Å². The highest BCUT2D eigenvalue weighted by molar-refractivity contribution is 14.0. The van der Waals surface area contributed by atoms with Gasteiger partial charge in [0.2, 0.25) is 0 Å². The Morgan fingerprint density at radius 2 is 1.89 bits per heavy atom. The molecular formula is C19H24IN7S. The number of piperazine rings is 1. The van der Waals surface area contributed by atoms with Gasteiger partial charge < -0.3 is 15.1 Å². The molecule has 0 radical (unpaired) electrons. The molecule has 1 fully saturated rings. The van der Waals surface area contributed by atoms with Crippen LogP contribution in [-0.4, -0.2) is 58.9 Å². The second kappa shape index (κ2) is 9.87. The summed E-state index contributed by atoms with van der Waals surface area (Å²) < 4.78 is 2.00. The molecule has 0 atom stereocenters. The van der Waals surface area contributed by atoms with Gasteiger partial charge in [-0.3, -0.25) is 9.56 Å². The number of para-hydroxylation sites is 1. The van der Waals surface area contributed by atoms with Crippen molar-refractivity contribution in [3.8, 4) is 5.69 Å². The number of aliphatic imine (C=N–C) groups is 1. The molecule has 0 aliphatic carbocycles. The Balaban J connectivity index is 0.00000225. The van der Waals surface area contributed by atoms with Gasteiger partial charge >= 0.3 is 0 Å². The fourth-order valence-corrected chi connectivity index (χ4v) is 4.05. The lowest BCUT2D eigenvalue weighted by Gasteiger charge is -2.36. The maximum atomic E-state index is 4.46. The maximum absolute atomic E-state index is 4.46. The van der Waals surface area contributed by atoms with E-state index >= 15 is 0 Å². The van der Waals surface area contributed by atoms with Crippen molar-refractivity contribution in [1.29, 1.82) is 0 Å². The van der Waals surface area contributed by atoms with E-state index in [-0.39, 0.29) is 24.0 Å². The number of thiophene rings is 1. The third-order valence-corrected chi connectivity index (χ3v) is 5.60. The normalized spacial score (nSPS) is 14.7. The first-order valence-electron chi connectivity index (χ1n) is 9.03.